The Kier molecular flexibility index (Phi) is 6.14. The molecule has 0 saturated carbocycles. The Labute approximate surface area is 185 Å². The summed E-state index contributed by atoms with van der Waals surface area (Å²) in [6.45, 7) is 4.42. The largest absolute Gasteiger partial charge is 0.486 e. The van der Waals surface area contributed by atoms with E-state index in [2.05, 4.69) is 20.2 Å². The highest BCUT2D eigenvalue weighted by Gasteiger charge is 2.20. The fraction of sp³-hybridized carbons (Fsp3) is 0.417. The van der Waals surface area contributed by atoms with Crippen molar-refractivity contribution in [1.82, 2.24) is 20.2 Å². The van der Waals surface area contributed by atoms with Gasteiger partial charge in [0.25, 0.3) is 0 Å². The second kappa shape index (κ2) is 9.34. The quantitative estimate of drug-likeness (QED) is 0.634. The molecule has 0 unspecified atom stereocenters. The summed E-state index contributed by atoms with van der Waals surface area (Å²) in [5.41, 5.74) is 2.10. The smallest absolute Gasteiger partial charge is 0.179 e. The summed E-state index contributed by atoms with van der Waals surface area (Å²) in [4.78, 5) is 10.9. The van der Waals surface area contributed by atoms with Crippen LogP contribution in [0.3, 0.4) is 0 Å². The number of piperidine rings is 1. The topological polar surface area (TPSA) is 59.5 Å². The number of ether oxygens (including phenoxy) is 2. The molecule has 0 aliphatic carbocycles. The third kappa shape index (κ3) is 4.66. The number of hydrogen-bond donors (Lipinski definition) is 1. The van der Waals surface area contributed by atoms with Gasteiger partial charge in [-0.15, -0.1) is 0 Å². The van der Waals surface area contributed by atoms with E-state index in [4.69, 9.17) is 9.47 Å². The first kappa shape index (κ1) is 21.0. The van der Waals surface area contributed by atoms with Crippen LogP contribution in [0.25, 0.3) is 10.9 Å². The van der Waals surface area contributed by atoms with Crippen molar-refractivity contribution < 1.29 is 18.3 Å². The molecule has 3 aromatic rings. The number of halogens is 2. The molecule has 0 bridgehead atoms. The number of nitrogens with one attached hydrogen (secondary N) is 1. The van der Waals surface area contributed by atoms with E-state index in [1.54, 1.807) is 12.3 Å². The molecular formula is C24H26F2N4O2. The Hall–Kier alpha value is -2.84. The summed E-state index contributed by atoms with van der Waals surface area (Å²) < 4.78 is 39.2. The summed E-state index contributed by atoms with van der Waals surface area (Å²) >= 11 is 0. The maximum atomic E-state index is 14.4. The number of rotatable bonds is 6. The fourth-order valence-corrected chi connectivity index (χ4v) is 4.41. The van der Waals surface area contributed by atoms with Crippen LogP contribution >= 0.6 is 0 Å². The summed E-state index contributed by atoms with van der Waals surface area (Å²) in [5, 5.41) is 4.15. The molecule has 1 aromatic carbocycles. The van der Waals surface area contributed by atoms with Gasteiger partial charge < -0.3 is 19.7 Å². The highest BCUT2D eigenvalue weighted by atomic mass is 19.1. The van der Waals surface area contributed by atoms with Gasteiger partial charge in [-0.05, 0) is 50.6 Å². The van der Waals surface area contributed by atoms with Gasteiger partial charge in [-0.1, -0.05) is 0 Å². The van der Waals surface area contributed by atoms with Crippen LogP contribution in [0.5, 0.6) is 11.5 Å². The lowest BCUT2D eigenvalue weighted by molar-refractivity contribution is 0.170. The molecule has 4 heterocycles. The minimum absolute atomic E-state index is 0.369. The van der Waals surface area contributed by atoms with Crippen molar-refractivity contribution in [3.8, 4) is 11.5 Å². The molecule has 0 atom stereocenters. The zero-order valence-electron chi connectivity index (χ0n) is 17.8. The number of likely N-dealkylation sites (tertiary alicyclic amines) is 1. The molecule has 0 spiro atoms. The van der Waals surface area contributed by atoms with E-state index < -0.39 is 0 Å². The van der Waals surface area contributed by atoms with Crippen molar-refractivity contribution in [2.45, 2.75) is 31.8 Å². The van der Waals surface area contributed by atoms with E-state index in [1.807, 2.05) is 6.07 Å². The Morgan fingerprint density at radius 3 is 2.66 bits per heavy atom. The lowest BCUT2D eigenvalue weighted by Gasteiger charge is -2.32. The first-order valence-corrected chi connectivity index (χ1v) is 11.1. The number of hydrogen-bond acceptors (Lipinski definition) is 6. The molecule has 1 saturated heterocycles. The summed E-state index contributed by atoms with van der Waals surface area (Å²) in [7, 11) is 0. The number of benzene rings is 1. The Balaban J connectivity index is 1.12. The average Bonchev–Trinajstić information content (AvgIpc) is 2.82. The van der Waals surface area contributed by atoms with E-state index >= 15 is 0 Å². The van der Waals surface area contributed by atoms with Gasteiger partial charge in [0.1, 0.15) is 24.8 Å². The number of aromatic nitrogens is 2. The predicted octanol–water partition coefficient (Wildman–Crippen LogP) is 3.48. The van der Waals surface area contributed by atoms with E-state index in [0.717, 1.165) is 43.9 Å². The summed E-state index contributed by atoms with van der Waals surface area (Å²) in [6.07, 6.45) is 5.52. The standard InChI is InChI=1S/C24H26F2N4O2/c25-16-1-2-22-20(11-16)19(21(26)14-29-22)5-8-30-6-3-17(4-7-30)27-13-18-12-23-24(15-28-18)32-10-9-31-23/h1-2,11-12,14-15,17,27H,3-10,13H2. The van der Waals surface area contributed by atoms with Crippen molar-refractivity contribution in [1.29, 1.82) is 0 Å². The molecule has 2 aliphatic rings. The van der Waals surface area contributed by atoms with Gasteiger partial charge in [0.15, 0.2) is 11.5 Å². The van der Waals surface area contributed by atoms with Crippen LogP contribution in [-0.2, 0) is 13.0 Å². The number of nitrogens with zero attached hydrogens (tertiary/aromatic N) is 3. The van der Waals surface area contributed by atoms with Crippen LogP contribution < -0.4 is 14.8 Å². The summed E-state index contributed by atoms with van der Waals surface area (Å²) in [6, 6.07) is 6.68. The number of pyridine rings is 2. The van der Waals surface area contributed by atoms with Gasteiger partial charge in [0.05, 0.1) is 23.6 Å². The van der Waals surface area contributed by atoms with Gasteiger partial charge in [-0.25, -0.2) is 8.78 Å². The van der Waals surface area contributed by atoms with Gasteiger partial charge in [-0.3, -0.25) is 9.97 Å². The van der Waals surface area contributed by atoms with Crippen LogP contribution in [0, 0.1) is 11.6 Å². The van der Waals surface area contributed by atoms with Crippen LogP contribution in [0.15, 0.2) is 36.7 Å². The first-order valence-electron chi connectivity index (χ1n) is 11.1. The van der Waals surface area contributed by atoms with Crippen molar-refractivity contribution in [2.75, 3.05) is 32.8 Å². The normalized spacial score (nSPS) is 17.1. The third-order valence-electron chi connectivity index (χ3n) is 6.21. The zero-order valence-corrected chi connectivity index (χ0v) is 17.8. The molecule has 2 aliphatic heterocycles. The Bertz CT molecular complexity index is 1100. The molecule has 6 nitrogen and oxygen atoms in total. The molecule has 0 amide bonds. The van der Waals surface area contributed by atoms with Crippen LogP contribution in [0.2, 0.25) is 0 Å². The molecule has 2 aromatic heterocycles. The second-order valence-electron chi connectivity index (χ2n) is 8.31. The van der Waals surface area contributed by atoms with Crippen molar-refractivity contribution in [2.24, 2.45) is 0 Å². The molecule has 168 valence electrons. The van der Waals surface area contributed by atoms with Crippen LogP contribution in [0.1, 0.15) is 24.1 Å². The van der Waals surface area contributed by atoms with Crippen LogP contribution in [0.4, 0.5) is 8.78 Å². The zero-order chi connectivity index (χ0) is 21.9. The van der Waals surface area contributed by atoms with Crippen molar-refractivity contribution in [3.63, 3.8) is 0 Å². The third-order valence-corrected chi connectivity index (χ3v) is 6.21. The lowest BCUT2D eigenvalue weighted by atomic mass is 10.0. The van der Waals surface area contributed by atoms with Gasteiger partial charge >= 0.3 is 0 Å². The van der Waals surface area contributed by atoms with Crippen molar-refractivity contribution >= 4 is 10.9 Å². The van der Waals surface area contributed by atoms with Crippen molar-refractivity contribution in [3.05, 3.63) is 59.6 Å². The minimum Gasteiger partial charge on any atom is -0.486 e. The average molecular weight is 440 g/mol. The predicted molar refractivity (Wildman–Crippen MR) is 117 cm³/mol. The van der Waals surface area contributed by atoms with Gasteiger partial charge in [-0.2, -0.15) is 0 Å². The second-order valence-corrected chi connectivity index (χ2v) is 8.31. The van der Waals surface area contributed by atoms with Gasteiger partial charge in [0.2, 0.25) is 0 Å². The maximum absolute atomic E-state index is 14.4. The highest BCUT2D eigenvalue weighted by Crippen LogP contribution is 2.29. The molecule has 32 heavy (non-hydrogen) atoms. The highest BCUT2D eigenvalue weighted by molar-refractivity contribution is 5.82. The van der Waals surface area contributed by atoms with E-state index in [0.29, 0.717) is 54.4 Å². The molecular weight excluding hydrogens is 414 g/mol. The SMILES string of the molecule is Fc1ccc2ncc(F)c(CCN3CCC(NCc4cc5c(cn4)OCCO5)CC3)c2c1. The fourth-order valence-electron chi connectivity index (χ4n) is 4.41. The molecule has 0 radical (unpaired) electrons. The minimum atomic E-state index is -0.370. The van der Waals surface area contributed by atoms with E-state index in [1.165, 1.54) is 18.3 Å². The Morgan fingerprint density at radius 2 is 1.81 bits per heavy atom. The Morgan fingerprint density at radius 1 is 1.00 bits per heavy atom. The number of fused-ring (bicyclic) bond motifs is 2. The van der Waals surface area contributed by atoms with Gasteiger partial charge in [0, 0.05) is 36.1 Å². The molecule has 1 fully saturated rings. The molecule has 1 N–H and O–H groups in total. The van der Waals surface area contributed by atoms with E-state index in [-0.39, 0.29) is 11.6 Å². The maximum Gasteiger partial charge on any atom is 0.179 e. The summed E-state index contributed by atoms with van der Waals surface area (Å²) in [5.74, 6) is 0.722. The lowest BCUT2D eigenvalue weighted by Crippen LogP contribution is -2.43. The van der Waals surface area contributed by atoms with Crippen LogP contribution in [-0.4, -0.2) is 53.8 Å². The molecule has 8 heteroatoms. The van der Waals surface area contributed by atoms with E-state index in [9.17, 15) is 8.78 Å². The molecule has 5 rings (SSSR count). The first-order chi connectivity index (χ1) is 15.7. The monoisotopic (exact) mass is 440 g/mol.